The summed E-state index contributed by atoms with van der Waals surface area (Å²) in [7, 11) is 0. The van der Waals surface area contributed by atoms with Crippen molar-refractivity contribution >= 4 is 34.8 Å². The molecule has 1 unspecified atom stereocenters. The molecule has 82 valence electrons. The molecule has 3 nitrogen and oxygen atoms in total. The highest BCUT2D eigenvalue weighted by atomic mass is 35.5. The van der Waals surface area contributed by atoms with Gasteiger partial charge in [0, 0.05) is 13.0 Å². The Morgan fingerprint density at radius 3 is 2.81 bits per heavy atom. The lowest BCUT2D eigenvalue weighted by atomic mass is 10.2. The Morgan fingerprint density at radius 2 is 2.25 bits per heavy atom. The van der Waals surface area contributed by atoms with Gasteiger partial charge < -0.3 is 4.90 Å². The number of carbonyl (C=O) groups is 1. The second-order valence-electron chi connectivity index (χ2n) is 3.55. The highest BCUT2D eigenvalue weighted by molar-refractivity contribution is 6.34. The third kappa shape index (κ3) is 1.87. The summed E-state index contributed by atoms with van der Waals surface area (Å²) in [5.41, 5.74) is 0.867. The van der Waals surface area contributed by atoms with E-state index in [4.69, 9.17) is 28.5 Å². The van der Waals surface area contributed by atoms with Gasteiger partial charge in [-0.25, -0.2) is 0 Å². The van der Waals surface area contributed by atoms with Gasteiger partial charge >= 0.3 is 0 Å². The second kappa shape index (κ2) is 4.32. The van der Waals surface area contributed by atoms with Crippen molar-refractivity contribution in [3.8, 4) is 6.07 Å². The van der Waals surface area contributed by atoms with E-state index in [2.05, 4.69) is 0 Å². The van der Waals surface area contributed by atoms with Crippen molar-refractivity contribution in [3.05, 3.63) is 28.8 Å². The smallest absolute Gasteiger partial charge is 0.228 e. The minimum atomic E-state index is -0.213. The average Bonchev–Trinajstić information content (AvgIpc) is 2.57. The molecule has 1 saturated heterocycles. The van der Waals surface area contributed by atoms with Crippen LogP contribution in [0.15, 0.2) is 18.2 Å². The fourth-order valence-electron chi connectivity index (χ4n) is 1.76. The van der Waals surface area contributed by atoms with Gasteiger partial charge in [-0.2, -0.15) is 5.26 Å². The molecule has 0 bridgehead atoms. The van der Waals surface area contributed by atoms with Crippen molar-refractivity contribution in [3.63, 3.8) is 0 Å². The van der Waals surface area contributed by atoms with Crippen molar-refractivity contribution in [2.24, 2.45) is 0 Å². The zero-order valence-corrected chi connectivity index (χ0v) is 9.79. The number of halogens is 2. The Morgan fingerprint density at radius 1 is 1.50 bits per heavy atom. The fraction of sp³-hybridized carbons (Fsp3) is 0.273. The Hall–Kier alpha value is -1.24. The van der Waals surface area contributed by atoms with Gasteiger partial charge in [0.15, 0.2) is 0 Å². The first kappa shape index (κ1) is 11.3. The molecule has 1 aliphatic rings. The number of hydrogen-bond donors (Lipinski definition) is 0. The van der Waals surface area contributed by atoms with Crippen LogP contribution in [0.5, 0.6) is 0 Å². The Kier molecular flexibility index (Phi) is 3.04. The third-order valence-electron chi connectivity index (χ3n) is 2.45. The van der Waals surface area contributed by atoms with Crippen LogP contribution in [-0.4, -0.2) is 17.8 Å². The molecule has 1 fully saturated rings. The lowest BCUT2D eigenvalue weighted by Crippen LogP contribution is -2.25. The number of para-hydroxylation sites is 1. The van der Waals surface area contributed by atoms with Crippen LogP contribution in [0.3, 0.4) is 0 Å². The summed E-state index contributed by atoms with van der Waals surface area (Å²) in [6.07, 6.45) is 0.289. The molecule has 2 rings (SSSR count). The van der Waals surface area contributed by atoms with E-state index >= 15 is 0 Å². The zero-order valence-electron chi connectivity index (χ0n) is 8.28. The van der Waals surface area contributed by atoms with Gasteiger partial charge in [-0.3, -0.25) is 4.79 Å². The fourth-order valence-corrected chi connectivity index (χ4v) is 2.31. The maximum Gasteiger partial charge on any atom is 0.228 e. The Labute approximate surface area is 103 Å². The van der Waals surface area contributed by atoms with Gasteiger partial charge in [0.25, 0.3) is 0 Å². The summed E-state index contributed by atoms with van der Waals surface area (Å²) in [5, 5.41) is 9.16. The van der Waals surface area contributed by atoms with Crippen LogP contribution in [0.1, 0.15) is 12.0 Å². The topological polar surface area (TPSA) is 44.1 Å². The predicted octanol–water partition coefficient (Wildman–Crippen LogP) is 2.56. The van der Waals surface area contributed by atoms with Crippen molar-refractivity contribution in [1.29, 1.82) is 5.26 Å². The Bertz CT molecular complexity index is 481. The largest absolute Gasteiger partial charge is 0.308 e. The van der Waals surface area contributed by atoms with Crippen LogP contribution in [0.4, 0.5) is 5.69 Å². The number of nitrogens with zero attached hydrogens (tertiary/aromatic N) is 2. The minimum absolute atomic E-state index is 0.0930. The molecule has 0 saturated carbocycles. The summed E-state index contributed by atoms with van der Waals surface area (Å²) < 4.78 is 0. The predicted molar refractivity (Wildman–Crippen MR) is 62.8 cm³/mol. The molecule has 1 aromatic carbocycles. The van der Waals surface area contributed by atoms with Gasteiger partial charge in [0.2, 0.25) is 5.91 Å². The maximum absolute atomic E-state index is 11.7. The van der Waals surface area contributed by atoms with Crippen molar-refractivity contribution in [2.75, 3.05) is 11.4 Å². The van der Waals surface area contributed by atoms with Crippen molar-refractivity contribution in [1.82, 2.24) is 0 Å². The van der Waals surface area contributed by atoms with Gasteiger partial charge in [0.1, 0.15) is 6.07 Å². The van der Waals surface area contributed by atoms with Crippen LogP contribution < -0.4 is 4.90 Å². The molecular weight excluding hydrogens is 247 g/mol. The van der Waals surface area contributed by atoms with E-state index in [1.807, 2.05) is 6.07 Å². The lowest BCUT2D eigenvalue weighted by molar-refractivity contribution is -0.117. The first-order valence-corrected chi connectivity index (χ1v) is 5.58. The van der Waals surface area contributed by atoms with E-state index in [0.29, 0.717) is 22.8 Å². The number of hydrogen-bond acceptors (Lipinski definition) is 2. The summed E-state index contributed by atoms with van der Waals surface area (Å²) >= 11 is 11.9. The number of benzene rings is 1. The SMILES string of the molecule is N#Cc1cccc(Cl)c1N1CC(Cl)CC1=O. The van der Waals surface area contributed by atoms with Crippen molar-refractivity contribution in [2.45, 2.75) is 11.8 Å². The summed E-state index contributed by atoms with van der Waals surface area (Å²) in [6, 6.07) is 7.01. The summed E-state index contributed by atoms with van der Waals surface area (Å²) in [5.74, 6) is -0.0930. The monoisotopic (exact) mass is 254 g/mol. The number of amides is 1. The van der Waals surface area contributed by atoms with Crippen LogP contribution >= 0.6 is 23.2 Å². The van der Waals surface area contributed by atoms with Gasteiger partial charge in [-0.15, -0.1) is 11.6 Å². The molecule has 5 heteroatoms. The van der Waals surface area contributed by atoms with E-state index in [9.17, 15) is 4.79 Å². The third-order valence-corrected chi connectivity index (χ3v) is 3.05. The molecule has 1 heterocycles. The van der Waals surface area contributed by atoms with Crippen LogP contribution in [-0.2, 0) is 4.79 Å². The van der Waals surface area contributed by atoms with E-state index in [1.54, 1.807) is 18.2 Å². The van der Waals surface area contributed by atoms with E-state index < -0.39 is 0 Å². The Balaban J connectivity index is 2.48. The van der Waals surface area contributed by atoms with E-state index in [1.165, 1.54) is 4.90 Å². The van der Waals surface area contributed by atoms with Gasteiger partial charge in [0.05, 0.1) is 21.7 Å². The summed E-state index contributed by atoms with van der Waals surface area (Å²) in [6.45, 7) is 0.402. The molecule has 1 aliphatic heterocycles. The molecule has 1 aromatic rings. The normalized spacial score (nSPS) is 19.9. The van der Waals surface area contributed by atoms with Gasteiger partial charge in [-0.05, 0) is 12.1 Å². The zero-order chi connectivity index (χ0) is 11.7. The standard InChI is InChI=1S/C11H8Cl2N2O/c12-8-4-10(16)15(6-8)11-7(5-14)2-1-3-9(11)13/h1-3,8H,4,6H2. The molecule has 0 aromatic heterocycles. The van der Waals surface area contributed by atoms with E-state index in [-0.39, 0.29) is 17.7 Å². The molecule has 0 N–H and O–H groups in total. The highest BCUT2D eigenvalue weighted by Gasteiger charge is 2.31. The first-order valence-electron chi connectivity index (χ1n) is 4.76. The molecule has 1 atom stereocenters. The molecule has 16 heavy (non-hydrogen) atoms. The summed E-state index contributed by atoms with van der Waals surface area (Å²) in [4.78, 5) is 13.2. The van der Waals surface area contributed by atoms with Crippen LogP contribution in [0, 0.1) is 11.3 Å². The average molecular weight is 255 g/mol. The molecule has 0 radical (unpaired) electrons. The number of rotatable bonds is 1. The quantitative estimate of drug-likeness (QED) is 0.724. The molecule has 0 aliphatic carbocycles. The number of anilines is 1. The molecule has 1 amide bonds. The minimum Gasteiger partial charge on any atom is -0.308 e. The molecule has 0 spiro atoms. The van der Waals surface area contributed by atoms with Crippen molar-refractivity contribution < 1.29 is 4.79 Å². The van der Waals surface area contributed by atoms with Gasteiger partial charge in [-0.1, -0.05) is 17.7 Å². The maximum atomic E-state index is 11.7. The van der Waals surface area contributed by atoms with E-state index in [0.717, 1.165) is 0 Å². The first-order chi connectivity index (χ1) is 7.63. The molecular formula is C11H8Cl2N2O. The second-order valence-corrected chi connectivity index (χ2v) is 4.58. The lowest BCUT2D eigenvalue weighted by Gasteiger charge is -2.18. The van der Waals surface area contributed by atoms with Crippen LogP contribution in [0.2, 0.25) is 5.02 Å². The number of carbonyl (C=O) groups excluding carboxylic acids is 1. The van der Waals surface area contributed by atoms with Crippen LogP contribution in [0.25, 0.3) is 0 Å². The highest BCUT2D eigenvalue weighted by Crippen LogP contribution is 2.33. The number of alkyl halides is 1. The number of nitriles is 1.